The number of nitrogens with one attached hydrogen (secondary N) is 1. The average molecular weight is 377 g/mol. The monoisotopic (exact) mass is 376 g/mol. The zero-order chi connectivity index (χ0) is 18.8. The summed E-state index contributed by atoms with van der Waals surface area (Å²) in [6.07, 6.45) is 1.46. The minimum absolute atomic E-state index is 0.0407. The normalized spacial score (nSPS) is 10.7. The molecular formula is C18H15ClF2N4O. The van der Waals surface area contributed by atoms with Crippen molar-refractivity contribution >= 4 is 28.7 Å². The first-order valence-corrected chi connectivity index (χ1v) is 8.04. The average Bonchev–Trinajstić information content (AvgIpc) is 2.63. The molecule has 0 spiro atoms. The molecule has 1 heterocycles. The topological polar surface area (TPSA) is 50.2 Å². The van der Waals surface area contributed by atoms with Gasteiger partial charge >= 0.3 is 0 Å². The Labute approximate surface area is 153 Å². The van der Waals surface area contributed by atoms with Crippen LogP contribution in [0.3, 0.4) is 0 Å². The van der Waals surface area contributed by atoms with Gasteiger partial charge in [0.15, 0.2) is 0 Å². The molecule has 5 nitrogen and oxygen atoms in total. The summed E-state index contributed by atoms with van der Waals surface area (Å²) in [4.78, 5) is 13.9. The fourth-order valence-electron chi connectivity index (χ4n) is 2.49. The molecule has 0 saturated carbocycles. The van der Waals surface area contributed by atoms with Gasteiger partial charge in [-0.25, -0.2) is 8.78 Å². The molecular weight excluding hydrogens is 362 g/mol. The van der Waals surface area contributed by atoms with Gasteiger partial charge in [-0.05, 0) is 36.4 Å². The van der Waals surface area contributed by atoms with Crippen molar-refractivity contribution in [2.24, 2.45) is 0 Å². The summed E-state index contributed by atoms with van der Waals surface area (Å²) in [6, 6.07) is 10.1. The third kappa shape index (κ3) is 3.39. The van der Waals surface area contributed by atoms with Gasteiger partial charge in [0.05, 0.1) is 17.6 Å². The van der Waals surface area contributed by atoms with Crippen LogP contribution < -0.4 is 15.8 Å². The van der Waals surface area contributed by atoms with Gasteiger partial charge in [-0.2, -0.15) is 9.78 Å². The quantitative estimate of drug-likeness (QED) is 0.748. The summed E-state index contributed by atoms with van der Waals surface area (Å²) >= 11 is 6.02. The maximum absolute atomic E-state index is 13.4. The minimum Gasteiger partial charge on any atom is -0.385 e. The maximum atomic E-state index is 13.4. The summed E-state index contributed by atoms with van der Waals surface area (Å²) in [6.45, 7) is 0. The van der Waals surface area contributed by atoms with Crippen LogP contribution >= 0.6 is 11.6 Å². The third-order valence-electron chi connectivity index (χ3n) is 3.90. The number of halogens is 3. The molecule has 0 aliphatic carbocycles. The molecule has 0 aliphatic heterocycles. The summed E-state index contributed by atoms with van der Waals surface area (Å²) < 4.78 is 28.0. The Bertz CT molecular complexity index is 985. The lowest BCUT2D eigenvalue weighted by Crippen LogP contribution is -2.22. The second kappa shape index (κ2) is 7.13. The standard InChI is InChI=1S/C18H15ClF2N4O/c1-22-16-10-23-25(18(26)17(16)19)14-5-3-13(4-6-14)24(2)15-8-11(20)7-12(21)9-15/h3-10,22H,1-2H3. The Balaban J connectivity index is 1.94. The SMILES string of the molecule is CNc1cnn(-c2ccc(N(C)c3cc(F)cc(F)c3)cc2)c(=O)c1Cl. The molecule has 1 N–H and O–H groups in total. The van der Waals surface area contributed by atoms with E-state index < -0.39 is 17.2 Å². The molecule has 134 valence electrons. The van der Waals surface area contributed by atoms with E-state index in [2.05, 4.69) is 10.4 Å². The van der Waals surface area contributed by atoms with Gasteiger partial charge in [-0.1, -0.05) is 11.6 Å². The van der Waals surface area contributed by atoms with E-state index in [1.54, 1.807) is 43.3 Å². The summed E-state index contributed by atoms with van der Waals surface area (Å²) in [5.41, 5.74) is 1.56. The summed E-state index contributed by atoms with van der Waals surface area (Å²) in [7, 11) is 3.33. The lowest BCUT2D eigenvalue weighted by Gasteiger charge is -2.20. The van der Waals surface area contributed by atoms with Crippen LogP contribution in [0.25, 0.3) is 5.69 Å². The molecule has 1 aromatic heterocycles. The van der Waals surface area contributed by atoms with Crippen molar-refractivity contribution in [3.63, 3.8) is 0 Å². The Morgan fingerprint density at radius 3 is 2.27 bits per heavy atom. The Morgan fingerprint density at radius 1 is 1.08 bits per heavy atom. The predicted octanol–water partition coefficient (Wildman–Crippen LogP) is 3.97. The van der Waals surface area contributed by atoms with Crippen molar-refractivity contribution in [2.45, 2.75) is 0 Å². The van der Waals surface area contributed by atoms with Crippen LogP contribution in [0.2, 0.25) is 5.02 Å². The van der Waals surface area contributed by atoms with E-state index in [4.69, 9.17) is 11.6 Å². The molecule has 3 rings (SSSR count). The van der Waals surface area contributed by atoms with Crippen molar-refractivity contribution in [3.8, 4) is 5.69 Å². The second-order valence-electron chi connectivity index (χ2n) is 5.54. The van der Waals surface area contributed by atoms with E-state index in [0.29, 0.717) is 22.7 Å². The van der Waals surface area contributed by atoms with Crippen LogP contribution in [0.15, 0.2) is 53.5 Å². The Kier molecular flexibility index (Phi) is 4.90. The van der Waals surface area contributed by atoms with Gasteiger partial charge in [-0.15, -0.1) is 0 Å². The van der Waals surface area contributed by atoms with E-state index in [9.17, 15) is 13.6 Å². The Morgan fingerprint density at radius 2 is 1.69 bits per heavy atom. The van der Waals surface area contributed by atoms with Gasteiger partial charge in [0, 0.05) is 31.5 Å². The Hall–Kier alpha value is -2.93. The molecule has 0 fully saturated rings. The van der Waals surface area contributed by atoms with Crippen molar-refractivity contribution in [2.75, 3.05) is 24.3 Å². The number of anilines is 3. The third-order valence-corrected chi connectivity index (χ3v) is 4.27. The van der Waals surface area contributed by atoms with Gasteiger partial charge in [0.1, 0.15) is 16.7 Å². The van der Waals surface area contributed by atoms with Crippen LogP contribution in [-0.2, 0) is 0 Å². The van der Waals surface area contributed by atoms with Gasteiger partial charge in [0.25, 0.3) is 5.56 Å². The number of aromatic nitrogens is 2. The first-order valence-electron chi connectivity index (χ1n) is 7.66. The lowest BCUT2D eigenvalue weighted by atomic mass is 10.2. The van der Waals surface area contributed by atoms with Crippen molar-refractivity contribution in [1.82, 2.24) is 9.78 Å². The van der Waals surface area contributed by atoms with E-state index in [-0.39, 0.29) is 5.02 Å². The highest BCUT2D eigenvalue weighted by molar-refractivity contribution is 6.32. The number of hydrogen-bond donors (Lipinski definition) is 1. The zero-order valence-corrected chi connectivity index (χ0v) is 14.8. The highest BCUT2D eigenvalue weighted by Gasteiger charge is 2.11. The van der Waals surface area contributed by atoms with E-state index in [1.807, 2.05) is 0 Å². The molecule has 0 saturated heterocycles. The fourth-order valence-corrected chi connectivity index (χ4v) is 2.71. The van der Waals surface area contributed by atoms with Gasteiger partial charge in [-0.3, -0.25) is 4.79 Å². The number of nitrogens with zero attached hydrogens (tertiary/aromatic N) is 3. The molecule has 2 aromatic carbocycles. The molecule has 8 heteroatoms. The minimum atomic E-state index is -0.654. The number of rotatable bonds is 4. The van der Waals surface area contributed by atoms with E-state index in [0.717, 1.165) is 6.07 Å². The van der Waals surface area contributed by atoms with Crippen LogP contribution in [0.4, 0.5) is 25.8 Å². The van der Waals surface area contributed by atoms with Crippen molar-refractivity contribution in [1.29, 1.82) is 0 Å². The highest BCUT2D eigenvalue weighted by atomic mass is 35.5. The zero-order valence-electron chi connectivity index (χ0n) is 14.0. The molecule has 26 heavy (non-hydrogen) atoms. The highest BCUT2D eigenvalue weighted by Crippen LogP contribution is 2.26. The first-order chi connectivity index (χ1) is 12.4. The van der Waals surface area contributed by atoms with Crippen LogP contribution in [-0.4, -0.2) is 23.9 Å². The molecule has 0 amide bonds. The molecule has 0 bridgehead atoms. The fraction of sp³-hybridized carbons (Fsp3) is 0.111. The lowest BCUT2D eigenvalue weighted by molar-refractivity contribution is 0.583. The maximum Gasteiger partial charge on any atom is 0.292 e. The first kappa shape index (κ1) is 17.9. The van der Waals surface area contributed by atoms with Gasteiger partial charge in [0.2, 0.25) is 0 Å². The molecule has 3 aromatic rings. The molecule has 0 aliphatic rings. The largest absolute Gasteiger partial charge is 0.385 e. The van der Waals surface area contributed by atoms with E-state index >= 15 is 0 Å². The molecule has 0 radical (unpaired) electrons. The van der Waals surface area contributed by atoms with Crippen LogP contribution in [0.1, 0.15) is 0 Å². The second-order valence-corrected chi connectivity index (χ2v) is 5.92. The van der Waals surface area contributed by atoms with Crippen molar-refractivity contribution in [3.05, 3.63) is 75.7 Å². The molecule has 0 atom stereocenters. The van der Waals surface area contributed by atoms with Crippen LogP contribution in [0, 0.1) is 11.6 Å². The van der Waals surface area contributed by atoms with Crippen LogP contribution in [0.5, 0.6) is 0 Å². The van der Waals surface area contributed by atoms with Gasteiger partial charge < -0.3 is 10.2 Å². The van der Waals surface area contributed by atoms with E-state index in [1.165, 1.54) is 23.0 Å². The summed E-state index contributed by atoms with van der Waals surface area (Å²) in [5.74, 6) is -1.31. The summed E-state index contributed by atoms with van der Waals surface area (Å²) in [5, 5.41) is 6.91. The number of benzene rings is 2. The number of hydrogen-bond acceptors (Lipinski definition) is 4. The van der Waals surface area contributed by atoms with Crippen molar-refractivity contribution < 1.29 is 8.78 Å². The molecule has 0 unspecified atom stereocenters. The predicted molar refractivity (Wildman–Crippen MR) is 98.8 cm³/mol. The smallest absolute Gasteiger partial charge is 0.292 e.